The highest BCUT2D eigenvalue weighted by atomic mass is 16.4. The second kappa shape index (κ2) is 3.74. The van der Waals surface area contributed by atoms with Gasteiger partial charge in [0.2, 0.25) is 0 Å². The number of hydrogen-bond acceptors (Lipinski definition) is 3. The number of rotatable bonds is 3. The summed E-state index contributed by atoms with van der Waals surface area (Å²) in [5.74, 6) is -1.97. The molecule has 2 N–H and O–H groups in total. The van der Waals surface area contributed by atoms with Crippen molar-refractivity contribution in [2.45, 2.75) is 5.92 Å². The summed E-state index contributed by atoms with van der Waals surface area (Å²) in [5.41, 5.74) is 1.15. The van der Waals surface area contributed by atoms with Crippen molar-refractivity contribution in [1.82, 2.24) is 0 Å². The van der Waals surface area contributed by atoms with Crippen LogP contribution in [0.25, 0.3) is 11.0 Å². The molecule has 0 amide bonds. The first-order chi connectivity index (χ1) is 7.24. The number of carboxylic acids is 1. The number of para-hydroxylation sites is 1. The molecule has 15 heavy (non-hydrogen) atoms. The van der Waals surface area contributed by atoms with E-state index in [-0.39, 0.29) is 0 Å². The first-order valence-corrected chi connectivity index (χ1v) is 4.54. The van der Waals surface area contributed by atoms with Crippen molar-refractivity contribution >= 4 is 16.9 Å². The lowest BCUT2D eigenvalue weighted by Crippen LogP contribution is -2.14. The third kappa shape index (κ3) is 1.59. The predicted octanol–water partition coefficient (Wildman–Crippen LogP) is 1.59. The molecule has 2 aromatic rings. The highest BCUT2D eigenvalue weighted by molar-refractivity contribution is 5.87. The summed E-state index contributed by atoms with van der Waals surface area (Å²) in [5, 5.41) is 18.6. The first kappa shape index (κ1) is 9.73. The van der Waals surface area contributed by atoms with Crippen molar-refractivity contribution in [2.75, 3.05) is 6.61 Å². The number of aliphatic hydroxyl groups is 1. The Hall–Kier alpha value is -1.81. The molecule has 0 fully saturated rings. The summed E-state index contributed by atoms with van der Waals surface area (Å²) >= 11 is 0. The molecule has 2 rings (SSSR count). The lowest BCUT2D eigenvalue weighted by atomic mass is 10.00. The highest BCUT2D eigenvalue weighted by Crippen LogP contribution is 2.27. The van der Waals surface area contributed by atoms with E-state index in [4.69, 9.17) is 14.6 Å². The Morgan fingerprint density at radius 3 is 2.80 bits per heavy atom. The van der Waals surface area contributed by atoms with E-state index in [0.717, 1.165) is 5.39 Å². The number of furan rings is 1. The Morgan fingerprint density at radius 1 is 1.40 bits per heavy atom. The number of carboxylic acid groups (broad SMARTS) is 1. The molecule has 1 aromatic heterocycles. The van der Waals surface area contributed by atoms with Crippen LogP contribution in [0, 0.1) is 0 Å². The van der Waals surface area contributed by atoms with Crippen LogP contribution in [0.2, 0.25) is 0 Å². The Morgan fingerprint density at radius 2 is 2.13 bits per heavy atom. The molecule has 0 aliphatic heterocycles. The van der Waals surface area contributed by atoms with Gasteiger partial charge in [0, 0.05) is 10.9 Å². The smallest absolute Gasteiger partial charge is 0.313 e. The van der Waals surface area contributed by atoms with E-state index in [9.17, 15) is 4.79 Å². The fourth-order valence-corrected chi connectivity index (χ4v) is 1.58. The number of hydrogen-bond donors (Lipinski definition) is 2. The largest absolute Gasteiger partial charge is 0.481 e. The molecule has 0 bridgehead atoms. The zero-order chi connectivity index (χ0) is 10.8. The van der Waals surface area contributed by atoms with E-state index in [1.807, 2.05) is 6.07 Å². The van der Waals surface area contributed by atoms with Crippen LogP contribution in [0.15, 0.2) is 34.9 Å². The molecule has 0 aliphatic rings. The maximum Gasteiger partial charge on any atom is 0.313 e. The van der Waals surface area contributed by atoms with E-state index in [0.29, 0.717) is 11.1 Å². The maximum atomic E-state index is 10.9. The molecular formula is C11H10O4. The normalized spacial score (nSPS) is 12.9. The van der Waals surface area contributed by atoms with Crippen molar-refractivity contribution in [3.05, 3.63) is 36.1 Å². The lowest BCUT2D eigenvalue weighted by Gasteiger charge is -2.05. The average molecular weight is 206 g/mol. The average Bonchev–Trinajstić information content (AvgIpc) is 2.63. The van der Waals surface area contributed by atoms with Crippen LogP contribution in [0.4, 0.5) is 0 Å². The molecule has 1 atom stereocenters. The number of carbonyl (C=O) groups is 1. The van der Waals surface area contributed by atoms with Gasteiger partial charge in [0.25, 0.3) is 0 Å². The summed E-state index contributed by atoms with van der Waals surface area (Å²) in [6.45, 7) is -0.432. The number of aliphatic hydroxyl groups excluding tert-OH is 1. The van der Waals surface area contributed by atoms with Gasteiger partial charge in [-0.15, -0.1) is 0 Å². The lowest BCUT2D eigenvalue weighted by molar-refractivity contribution is -0.139. The van der Waals surface area contributed by atoms with Crippen molar-refractivity contribution in [3.8, 4) is 0 Å². The van der Waals surface area contributed by atoms with Gasteiger partial charge in [0.05, 0.1) is 12.9 Å². The Bertz CT molecular complexity index is 486. The topological polar surface area (TPSA) is 70.7 Å². The van der Waals surface area contributed by atoms with E-state index in [1.54, 1.807) is 18.2 Å². The van der Waals surface area contributed by atoms with E-state index in [1.165, 1.54) is 6.26 Å². The Kier molecular flexibility index (Phi) is 2.43. The van der Waals surface area contributed by atoms with Crippen LogP contribution >= 0.6 is 0 Å². The molecule has 1 unspecified atom stereocenters. The molecule has 4 nitrogen and oxygen atoms in total. The zero-order valence-corrected chi connectivity index (χ0v) is 7.88. The minimum Gasteiger partial charge on any atom is -0.481 e. The zero-order valence-electron chi connectivity index (χ0n) is 7.88. The van der Waals surface area contributed by atoms with Crippen LogP contribution in [-0.4, -0.2) is 22.8 Å². The van der Waals surface area contributed by atoms with Gasteiger partial charge >= 0.3 is 5.97 Å². The van der Waals surface area contributed by atoms with Gasteiger partial charge in [0.15, 0.2) is 0 Å². The number of aliphatic carboxylic acids is 1. The maximum absolute atomic E-state index is 10.9. The van der Waals surface area contributed by atoms with Gasteiger partial charge in [0.1, 0.15) is 11.5 Å². The second-order valence-corrected chi connectivity index (χ2v) is 3.26. The molecule has 4 heteroatoms. The summed E-state index contributed by atoms with van der Waals surface area (Å²) in [6, 6.07) is 7.15. The third-order valence-electron chi connectivity index (χ3n) is 2.37. The van der Waals surface area contributed by atoms with E-state index in [2.05, 4.69) is 0 Å². The van der Waals surface area contributed by atoms with Crippen molar-refractivity contribution < 1.29 is 19.4 Å². The molecule has 0 radical (unpaired) electrons. The van der Waals surface area contributed by atoms with Gasteiger partial charge in [-0.25, -0.2) is 0 Å². The standard InChI is InChI=1S/C11H10O4/c12-5-8(11(13)14)9-6-15-10-4-2-1-3-7(9)10/h1-4,6,8,12H,5H2,(H,13,14). The summed E-state index contributed by atoms with van der Waals surface area (Å²) in [6.07, 6.45) is 1.39. The first-order valence-electron chi connectivity index (χ1n) is 4.54. The van der Waals surface area contributed by atoms with Crippen LogP contribution < -0.4 is 0 Å². The molecule has 0 spiro atoms. The van der Waals surface area contributed by atoms with Gasteiger partial charge < -0.3 is 14.6 Å². The van der Waals surface area contributed by atoms with Gasteiger partial charge in [-0.05, 0) is 6.07 Å². The van der Waals surface area contributed by atoms with Gasteiger partial charge in [-0.2, -0.15) is 0 Å². The minimum absolute atomic E-state index is 0.432. The third-order valence-corrected chi connectivity index (χ3v) is 2.37. The van der Waals surface area contributed by atoms with Crippen LogP contribution in [0.5, 0.6) is 0 Å². The Labute approximate surface area is 85.8 Å². The van der Waals surface area contributed by atoms with E-state index < -0.39 is 18.5 Å². The molecule has 0 saturated carbocycles. The second-order valence-electron chi connectivity index (χ2n) is 3.26. The van der Waals surface area contributed by atoms with Crippen molar-refractivity contribution in [3.63, 3.8) is 0 Å². The molecule has 78 valence electrons. The number of benzene rings is 1. The van der Waals surface area contributed by atoms with Gasteiger partial charge in [-0.1, -0.05) is 18.2 Å². The molecule has 1 aromatic carbocycles. The number of fused-ring (bicyclic) bond motifs is 1. The van der Waals surface area contributed by atoms with Crippen LogP contribution in [0.1, 0.15) is 11.5 Å². The molecular weight excluding hydrogens is 196 g/mol. The summed E-state index contributed by atoms with van der Waals surface area (Å²) in [7, 11) is 0. The molecule has 0 saturated heterocycles. The fourth-order valence-electron chi connectivity index (χ4n) is 1.58. The van der Waals surface area contributed by atoms with Crippen molar-refractivity contribution in [1.29, 1.82) is 0 Å². The summed E-state index contributed by atoms with van der Waals surface area (Å²) < 4.78 is 5.21. The predicted molar refractivity (Wildman–Crippen MR) is 53.7 cm³/mol. The van der Waals surface area contributed by atoms with Crippen LogP contribution in [-0.2, 0) is 4.79 Å². The fraction of sp³-hybridized carbons (Fsp3) is 0.182. The quantitative estimate of drug-likeness (QED) is 0.800. The highest BCUT2D eigenvalue weighted by Gasteiger charge is 2.22. The molecule has 1 heterocycles. The SMILES string of the molecule is O=C(O)C(CO)c1coc2ccccc12. The Balaban J connectivity index is 2.55. The monoisotopic (exact) mass is 206 g/mol. The summed E-state index contributed by atoms with van der Waals surface area (Å²) in [4.78, 5) is 10.9. The van der Waals surface area contributed by atoms with Gasteiger partial charge in [-0.3, -0.25) is 4.79 Å². The van der Waals surface area contributed by atoms with E-state index >= 15 is 0 Å². The van der Waals surface area contributed by atoms with Crippen molar-refractivity contribution in [2.24, 2.45) is 0 Å². The minimum atomic E-state index is -1.05. The molecule has 0 aliphatic carbocycles. The van der Waals surface area contributed by atoms with Crippen LogP contribution in [0.3, 0.4) is 0 Å².